The zero-order valence-corrected chi connectivity index (χ0v) is 22.1. The van der Waals surface area contributed by atoms with Gasteiger partial charge in [-0.15, -0.1) is 0 Å². The molecule has 5 aliphatic carbocycles. The van der Waals surface area contributed by atoms with E-state index < -0.39 is 0 Å². The Bertz CT molecular complexity index is 810. The van der Waals surface area contributed by atoms with Crippen LogP contribution in [0.4, 0.5) is 0 Å². The van der Waals surface area contributed by atoms with E-state index >= 15 is 0 Å². The van der Waals surface area contributed by atoms with Gasteiger partial charge in [0.05, 0.1) is 6.10 Å². The van der Waals surface area contributed by atoms with E-state index in [4.69, 9.17) is 0 Å². The van der Waals surface area contributed by atoms with Gasteiger partial charge in [-0.05, 0) is 109 Å². The molecule has 0 heterocycles. The van der Waals surface area contributed by atoms with Gasteiger partial charge in [0.1, 0.15) is 0 Å². The van der Waals surface area contributed by atoms with E-state index in [9.17, 15) is 10.2 Å². The van der Waals surface area contributed by atoms with Crippen molar-refractivity contribution >= 4 is 0 Å². The molecule has 0 aromatic heterocycles. The molecular formula is C30H50O2. The van der Waals surface area contributed by atoms with Crippen molar-refractivity contribution < 1.29 is 10.2 Å². The van der Waals surface area contributed by atoms with E-state index in [-0.39, 0.29) is 27.8 Å². The van der Waals surface area contributed by atoms with Crippen molar-refractivity contribution in [2.75, 3.05) is 6.61 Å². The first-order valence-corrected chi connectivity index (χ1v) is 13.8. The van der Waals surface area contributed by atoms with Crippen LogP contribution in [-0.2, 0) is 0 Å². The van der Waals surface area contributed by atoms with Crippen molar-refractivity contribution in [3.63, 3.8) is 0 Å². The molecule has 5 rings (SSSR count). The van der Waals surface area contributed by atoms with Crippen LogP contribution < -0.4 is 0 Å². The average Bonchev–Trinajstić information content (AvgIpc) is 2.71. The van der Waals surface area contributed by atoms with Gasteiger partial charge < -0.3 is 10.2 Å². The molecule has 4 saturated carbocycles. The monoisotopic (exact) mass is 442 g/mol. The number of hydrogen-bond acceptors (Lipinski definition) is 2. The molecular weight excluding hydrogens is 392 g/mol. The lowest BCUT2D eigenvalue weighted by atomic mass is 9.34. The standard InChI is InChI=1S/C30H50O2/c1-25(2)16-17-30(19-31)15-10-22-28(6)12-8-20-26(3,4)24(32)11-14-27(20,5)21(28)9-13-29(22,7)23(30)18-25/h10,20-21,23-24,31-32H,8-9,11-19H2,1-7H3/t20-,21+,23-,24-,27+,28+,29+,30-/m0/s1. The molecule has 2 nitrogen and oxygen atoms in total. The summed E-state index contributed by atoms with van der Waals surface area (Å²) in [5, 5.41) is 21.6. The number of rotatable bonds is 1. The van der Waals surface area contributed by atoms with Gasteiger partial charge in [0.2, 0.25) is 0 Å². The van der Waals surface area contributed by atoms with Crippen LogP contribution in [0.3, 0.4) is 0 Å². The minimum Gasteiger partial charge on any atom is -0.396 e. The number of hydrogen-bond donors (Lipinski definition) is 2. The Kier molecular flexibility index (Phi) is 5.02. The molecule has 4 fully saturated rings. The summed E-state index contributed by atoms with van der Waals surface area (Å²) in [6.45, 7) is 17.8. The van der Waals surface area contributed by atoms with Crippen molar-refractivity contribution in [2.45, 2.75) is 119 Å². The van der Waals surface area contributed by atoms with E-state index in [0.29, 0.717) is 29.3 Å². The summed E-state index contributed by atoms with van der Waals surface area (Å²) in [6, 6.07) is 0. The molecule has 5 aliphatic rings. The Morgan fingerprint density at radius 2 is 1.41 bits per heavy atom. The van der Waals surface area contributed by atoms with Gasteiger partial charge in [-0.25, -0.2) is 0 Å². The second-order valence-corrected chi connectivity index (χ2v) is 15.2. The van der Waals surface area contributed by atoms with Crippen LogP contribution in [0.2, 0.25) is 0 Å². The van der Waals surface area contributed by atoms with Crippen LogP contribution in [0.15, 0.2) is 11.6 Å². The van der Waals surface area contributed by atoms with Gasteiger partial charge in [-0.2, -0.15) is 0 Å². The lowest BCUT2D eigenvalue weighted by Crippen LogP contribution is -2.63. The van der Waals surface area contributed by atoms with Crippen molar-refractivity contribution in [1.82, 2.24) is 0 Å². The zero-order valence-electron chi connectivity index (χ0n) is 22.1. The third-order valence-electron chi connectivity index (χ3n) is 12.8. The zero-order chi connectivity index (χ0) is 23.4. The van der Waals surface area contributed by atoms with Gasteiger partial charge in [-0.1, -0.05) is 60.1 Å². The molecule has 2 heteroatoms. The fraction of sp³-hybridized carbons (Fsp3) is 0.933. The van der Waals surface area contributed by atoms with Gasteiger partial charge in [0, 0.05) is 12.0 Å². The second kappa shape index (κ2) is 6.87. The van der Waals surface area contributed by atoms with Gasteiger partial charge in [0.15, 0.2) is 0 Å². The van der Waals surface area contributed by atoms with Crippen molar-refractivity contribution in [2.24, 2.45) is 50.2 Å². The third kappa shape index (κ3) is 2.84. The van der Waals surface area contributed by atoms with Crippen LogP contribution >= 0.6 is 0 Å². The summed E-state index contributed by atoms with van der Waals surface area (Å²) < 4.78 is 0. The molecule has 0 aliphatic heterocycles. The lowest BCUT2D eigenvalue weighted by Gasteiger charge is -2.70. The predicted molar refractivity (Wildman–Crippen MR) is 132 cm³/mol. The highest BCUT2D eigenvalue weighted by Crippen LogP contribution is 2.74. The third-order valence-corrected chi connectivity index (χ3v) is 12.8. The van der Waals surface area contributed by atoms with Crippen molar-refractivity contribution in [3.05, 3.63) is 11.6 Å². The summed E-state index contributed by atoms with van der Waals surface area (Å²) in [4.78, 5) is 0. The highest BCUT2D eigenvalue weighted by atomic mass is 16.3. The van der Waals surface area contributed by atoms with E-state index in [1.807, 2.05) is 0 Å². The topological polar surface area (TPSA) is 40.5 Å². The largest absolute Gasteiger partial charge is 0.396 e. The van der Waals surface area contributed by atoms with E-state index in [1.54, 1.807) is 5.57 Å². The molecule has 0 aromatic rings. The number of allylic oxidation sites excluding steroid dienone is 2. The molecule has 0 unspecified atom stereocenters. The predicted octanol–water partition coefficient (Wildman–Crippen LogP) is 7.14. The minimum absolute atomic E-state index is 0.0233. The molecule has 2 N–H and O–H groups in total. The Morgan fingerprint density at radius 3 is 2.06 bits per heavy atom. The molecule has 182 valence electrons. The van der Waals surface area contributed by atoms with Crippen molar-refractivity contribution in [3.8, 4) is 0 Å². The molecule has 32 heavy (non-hydrogen) atoms. The second-order valence-electron chi connectivity index (χ2n) is 15.2. The minimum atomic E-state index is -0.151. The number of aliphatic hydroxyl groups is 2. The maximum atomic E-state index is 10.9. The Hall–Kier alpha value is -0.340. The first-order valence-electron chi connectivity index (χ1n) is 13.8. The maximum Gasteiger partial charge on any atom is 0.0594 e. The first kappa shape index (κ1) is 23.4. The summed E-state index contributed by atoms with van der Waals surface area (Å²) in [5.41, 5.74) is 3.13. The van der Waals surface area contributed by atoms with Crippen LogP contribution in [0.5, 0.6) is 0 Å². The van der Waals surface area contributed by atoms with Crippen LogP contribution in [0.1, 0.15) is 113 Å². The number of aliphatic hydroxyl groups excluding tert-OH is 2. The van der Waals surface area contributed by atoms with E-state index in [2.05, 4.69) is 54.5 Å². The molecule has 0 bridgehead atoms. The molecule has 0 radical (unpaired) electrons. The fourth-order valence-corrected chi connectivity index (χ4v) is 10.9. The van der Waals surface area contributed by atoms with Gasteiger partial charge in [-0.3, -0.25) is 0 Å². The quantitative estimate of drug-likeness (QED) is 0.424. The number of fused-ring (bicyclic) bond motifs is 7. The smallest absolute Gasteiger partial charge is 0.0594 e. The summed E-state index contributed by atoms with van der Waals surface area (Å²) in [7, 11) is 0. The normalized spacial score (nSPS) is 53.8. The summed E-state index contributed by atoms with van der Waals surface area (Å²) >= 11 is 0. The van der Waals surface area contributed by atoms with Crippen LogP contribution in [0.25, 0.3) is 0 Å². The Labute approximate surface area is 197 Å². The van der Waals surface area contributed by atoms with Gasteiger partial charge in [0.25, 0.3) is 0 Å². The van der Waals surface area contributed by atoms with E-state index in [1.165, 1.54) is 51.4 Å². The molecule has 8 atom stereocenters. The van der Waals surface area contributed by atoms with Crippen molar-refractivity contribution in [1.29, 1.82) is 0 Å². The molecule has 0 spiro atoms. The SMILES string of the molecule is CC1(C)CC[C@]2(CO)CC=C3[C@]4(C)CC[C@H]5C(C)(C)[C@@H](O)CC[C@@]5(C)[C@H]4CC[C@@]3(C)[C@@H]2C1. The Balaban J connectivity index is 1.57. The maximum absolute atomic E-state index is 10.9. The summed E-state index contributed by atoms with van der Waals surface area (Å²) in [6.07, 6.45) is 14.6. The Morgan fingerprint density at radius 1 is 0.781 bits per heavy atom. The molecule has 0 aromatic carbocycles. The lowest BCUT2D eigenvalue weighted by molar-refractivity contribution is -0.186. The summed E-state index contributed by atoms with van der Waals surface area (Å²) in [5.74, 6) is 1.95. The first-order chi connectivity index (χ1) is 14.8. The van der Waals surface area contributed by atoms with Crippen LogP contribution in [0, 0.1) is 50.2 Å². The highest BCUT2D eigenvalue weighted by molar-refractivity contribution is 5.35. The molecule has 0 amide bonds. The average molecular weight is 443 g/mol. The fourth-order valence-electron chi connectivity index (χ4n) is 10.9. The highest BCUT2D eigenvalue weighted by Gasteiger charge is 2.67. The molecule has 0 saturated heterocycles. The van der Waals surface area contributed by atoms with E-state index in [0.717, 1.165) is 18.8 Å². The van der Waals surface area contributed by atoms with Gasteiger partial charge >= 0.3 is 0 Å². The van der Waals surface area contributed by atoms with Crippen LogP contribution in [-0.4, -0.2) is 22.9 Å².